The summed E-state index contributed by atoms with van der Waals surface area (Å²) in [6, 6.07) is 4.60. The largest absolute Gasteiger partial charge is 0.492 e. The van der Waals surface area contributed by atoms with E-state index in [1.165, 1.54) is 12.1 Å². The lowest BCUT2D eigenvalue weighted by molar-refractivity contribution is -0.143. The standard InChI is InChI=1S/C22H23F6N3O3/c1-14-2-3-17(13-19(14)34-9-6-31-4-7-33-8-5-31)29-20(32)30-18-11-15(21(23,24)25)10-16(12-18)22(26,27)28/h2-3,10-13H,4-9H2,1H3,(H2,29,30,32). The van der Waals surface area contributed by atoms with Crippen molar-refractivity contribution in [3.05, 3.63) is 53.1 Å². The molecule has 34 heavy (non-hydrogen) atoms. The highest BCUT2D eigenvalue weighted by molar-refractivity contribution is 6.00. The minimum Gasteiger partial charge on any atom is -0.492 e. The molecule has 186 valence electrons. The number of aryl methyl sites for hydroxylation is 1. The van der Waals surface area contributed by atoms with Gasteiger partial charge < -0.3 is 20.1 Å². The molecule has 0 bridgehead atoms. The molecule has 12 heteroatoms. The summed E-state index contributed by atoms with van der Waals surface area (Å²) in [6.45, 7) is 5.79. The summed E-state index contributed by atoms with van der Waals surface area (Å²) in [5.74, 6) is 0.490. The highest BCUT2D eigenvalue weighted by Crippen LogP contribution is 2.37. The second kappa shape index (κ2) is 10.5. The van der Waals surface area contributed by atoms with Crippen molar-refractivity contribution in [1.29, 1.82) is 0 Å². The number of nitrogens with zero attached hydrogens (tertiary/aromatic N) is 1. The van der Waals surface area contributed by atoms with Crippen molar-refractivity contribution in [2.45, 2.75) is 19.3 Å². The number of nitrogens with one attached hydrogen (secondary N) is 2. The molecule has 2 aromatic carbocycles. The van der Waals surface area contributed by atoms with E-state index in [4.69, 9.17) is 9.47 Å². The van der Waals surface area contributed by atoms with Gasteiger partial charge in [-0.25, -0.2) is 4.79 Å². The first-order chi connectivity index (χ1) is 15.9. The molecule has 0 aromatic heterocycles. The average molecular weight is 491 g/mol. The lowest BCUT2D eigenvalue weighted by atomic mass is 10.1. The monoisotopic (exact) mass is 491 g/mol. The summed E-state index contributed by atoms with van der Waals surface area (Å²) in [7, 11) is 0. The van der Waals surface area contributed by atoms with Crippen LogP contribution in [0.2, 0.25) is 0 Å². The quantitative estimate of drug-likeness (QED) is 0.533. The van der Waals surface area contributed by atoms with E-state index in [0.717, 1.165) is 18.7 Å². The van der Waals surface area contributed by atoms with Crippen LogP contribution < -0.4 is 15.4 Å². The number of amides is 2. The van der Waals surface area contributed by atoms with Gasteiger partial charge in [0.15, 0.2) is 0 Å². The van der Waals surface area contributed by atoms with E-state index < -0.39 is 35.2 Å². The number of urea groups is 1. The van der Waals surface area contributed by atoms with Crippen molar-refractivity contribution < 1.29 is 40.6 Å². The Morgan fingerprint density at radius 1 is 0.941 bits per heavy atom. The van der Waals surface area contributed by atoms with E-state index in [1.807, 2.05) is 5.32 Å². The topological polar surface area (TPSA) is 62.8 Å². The minimum absolute atomic E-state index is 0.0103. The maximum Gasteiger partial charge on any atom is 0.416 e. The Morgan fingerprint density at radius 2 is 1.53 bits per heavy atom. The Bertz CT molecular complexity index is 972. The molecule has 0 atom stereocenters. The summed E-state index contributed by atoms with van der Waals surface area (Å²) < 4.78 is 89.1. The van der Waals surface area contributed by atoms with Gasteiger partial charge >= 0.3 is 18.4 Å². The molecule has 6 nitrogen and oxygen atoms in total. The van der Waals surface area contributed by atoms with Crippen LogP contribution in [0.5, 0.6) is 5.75 Å². The van der Waals surface area contributed by atoms with Gasteiger partial charge in [0.1, 0.15) is 12.4 Å². The Hall–Kier alpha value is -2.99. The number of benzene rings is 2. The summed E-state index contributed by atoms with van der Waals surface area (Å²) in [5.41, 5.74) is -2.64. The third-order valence-corrected chi connectivity index (χ3v) is 5.06. The second-order valence-electron chi connectivity index (χ2n) is 7.66. The van der Waals surface area contributed by atoms with Crippen LogP contribution in [0.15, 0.2) is 36.4 Å². The summed E-state index contributed by atoms with van der Waals surface area (Å²) in [4.78, 5) is 14.5. The summed E-state index contributed by atoms with van der Waals surface area (Å²) >= 11 is 0. The van der Waals surface area contributed by atoms with Gasteiger partial charge in [0.2, 0.25) is 0 Å². The molecule has 1 heterocycles. The Labute approximate surface area is 191 Å². The SMILES string of the molecule is Cc1ccc(NC(=O)Nc2cc(C(F)(F)F)cc(C(F)(F)F)c2)cc1OCCN1CCOCC1. The molecular formula is C22H23F6N3O3. The highest BCUT2D eigenvalue weighted by Gasteiger charge is 2.37. The number of hydrogen-bond donors (Lipinski definition) is 2. The fourth-order valence-electron chi connectivity index (χ4n) is 3.26. The third kappa shape index (κ3) is 7.26. The predicted octanol–water partition coefficient (Wildman–Crippen LogP) is 5.39. The highest BCUT2D eigenvalue weighted by atomic mass is 19.4. The van der Waals surface area contributed by atoms with Gasteiger partial charge in [0.05, 0.1) is 24.3 Å². The molecule has 0 unspecified atom stereocenters. The van der Waals surface area contributed by atoms with Crippen molar-refractivity contribution in [2.24, 2.45) is 0 Å². The van der Waals surface area contributed by atoms with E-state index in [9.17, 15) is 31.1 Å². The Kier molecular flexibility index (Phi) is 7.93. The van der Waals surface area contributed by atoms with E-state index in [0.29, 0.717) is 44.2 Å². The number of morpholine rings is 1. The first-order valence-electron chi connectivity index (χ1n) is 10.3. The van der Waals surface area contributed by atoms with Gasteiger partial charge in [0, 0.05) is 37.1 Å². The van der Waals surface area contributed by atoms with Crippen LogP contribution in [-0.2, 0) is 17.1 Å². The molecule has 0 saturated carbocycles. The van der Waals surface area contributed by atoms with Crippen LogP contribution in [0.1, 0.15) is 16.7 Å². The minimum atomic E-state index is -5.02. The van der Waals surface area contributed by atoms with Crippen LogP contribution in [0.25, 0.3) is 0 Å². The first kappa shape index (κ1) is 25.6. The molecule has 0 radical (unpaired) electrons. The molecule has 0 spiro atoms. The smallest absolute Gasteiger partial charge is 0.416 e. The van der Waals surface area contributed by atoms with E-state index >= 15 is 0 Å². The summed E-state index contributed by atoms with van der Waals surface area (Å²) in [5, 5.41) is 4.42. The molecule has 2 aromatic rings. The van der Waals surface area contributed by atoms with Crippen molar-refractivity contribution >= 4 is 17.4 Å². The maximum absolute atomic E-state index is 13.0. The number of carbonyl (C=O) groups excluding carboxylic acids is 1. The fourth-order valence-corrected chi connectivity index (χ4v) is 3.26. The number of carbonyl (C=O) groups is 1. The zero-order chi connectivity index (χ0) is 24.9. The second-order valence-corrected chi connectivity index (χ2v) is 7.66. The zero-order valence-corrected chi connectivity index (χ0v) is 18.1. The van der Waals surface area contributed by atoms with Crippen LogP contribution in [-0.4, -0.2) is 50.4 Å². The van der Waals surface area contributed by atoms with E-state index in [1.54, 1.807) is 13.0 Å². The molecule has 2 amide bonds. The van der Waals surface area contributed by atoms with Crippen LogP contribution >= 0.6 is 0 Å². The van der Waals surface area contributed by atoms with Crippen molar-refractivity contribution in [2.75, 3.05) is 50.1 Å². The lowest BCUT2D eigenvalue weighted by Crippen LogP contribution is -2.38. The summed E-state index contributed by atoms with van der Waals surface area (Å²) in [6.07, 6.45) is -10.0. The van der Waals surface area contributed by atoms with Gasteiger partial charge in [-0.3, -0.25) is 4.90 Å². The maximum atomic E-state index is 13.0. The molecule has 1 fully saturated rings. The zero-order valence-electron chi connectivity index (χ0n) is 18.1. The Balaban J connectivity index is 1.66. The molecule has 2 N–H and O–H groups in total. The number of rotatable bonds is 6. The van der Waals surface area contributed by atoms with Gasteiger partial charge in [-0.1, -0.05) is 6.07 Å². The first-order valence-corrected chi connectivity index (χ1v) is 10.3. The molecule has 0 aliphatic carbocycles. The van der Waals surface area contributed by atoms with Crippen LogP contribution in [0.3, 0.4) is 0 Å². The van der Waals surface area contributed by atoms with Crippen molar-refractivity contribution in [3.63, 3.8) is 0 Å². The van der Waals surface area contributed by atoms with Gasteiger partial charge in [-0.05, 0) is 36.8 Å². The molecule has 1 aliphatic heterocycles. The Morgan fingerprint density at radius 3 is 2.12 bits per heavy atom. The van der Waals surface area contributed by atoms with Gasteiger partial charge in [0.25, 0.3) is 0 Å². The van der Waals surface area contributed by atoms with Gasteiger partial charge in [-0.15, -0.1) is 0 Å². The fraction of sp³-hybridized carbons (Fsp3) is 0.409. The van der Waals surface area contributed by atoms with E-state index in [2.05, 4.69) is 10.2 Å². The number of anilines is 2. The van der Waals surface area contributed by atoms with E-state index in [-0.39, 0.29) is 11.8 Å². The number of hydrogen-bond acceptors (Lipinski definition) is 4. The van der Waals surface area contributed by atoms with Crippen LogP contribution in [0, 0.1) is 6.92 Å². The lowest BCUT2D eigenvalue weighted by Gasteiger charge is -2.26. The molecular weight excluding hydrogens is 468 g/mol. The van der Waals surface area contributed by atoms with Crippen LogP contribution in [0.4, 0.5) is 42.5 Å². The number of ether oxygens (including phenoxy) is 2. The van der Waals surface area contributed by atoms with Crippen molar-refractivity contribution in [3.8, 4) is 5.75 Å². The number of alkyl halides is 6. The molecule has 1 saturated heterocycles. The third-order valence-electron chi connectivity index (χ3n) is 5.06. The predicted molar refractivity (Wildman–Crippen MR) is 113 cm³/mol. The molecule has 3 rings (SSSR count). The van der Waals surface area contributed by atoms with Crippen molar-refractivity contribution in [1.82, 2.24) is 4.90 Å². The molecule has 1 aliphatic rings. The van der Waals surface area contributed by atoms with Gasteiger partial charge in [-0.2, -0.15) is 26.3 Å². The normalized spacial score (nSPS) is 15.1. The average Bonchev–Trinajstić information content (AvgIpc) is 2.75. The number of halogens is 6.